The van der Waals surface area contributed by atoms with Gasteiger partial charge in [0.15, 0.2) is 11.6 Å². The predicted molar refractivity (Wildman–Crippen MR) is 94.5 cm³/mol. The van der Waals surface area contributed by atoms with E-state index in [9.17, 15) is 5.11 Å². The molecule has 0 saturated carbocycles. The van der Waals surface area contributed by atoms with Gasteiger partial charge in [0.1, 0.15) is 0 Å². The smallest absolute Gasteiger partial charge is 0.158 e. The minimum absolute atomic E-state index is 0.426. The van der Waals surface area contributed by atoms with Crippen LogP contribution in [0.3, 0.4) is 0 Å². The van der Waals surface area contributed by atoms with Crippen molar-refractivity contribution in [2.75, 3.05) is 13.7 Å². The zero-order valence-electron chi connectivity index (χ0n) is 14.5. The molecule has 3 aromatic rings. The van der Waals surface area contributed by atoms with Gasteiger partial charge in [0.25, 0.3) is 0 Å². The quantitative estimate of drug-likeness (QED) is 0.679. The number of ether oxygens (including phenoxy) is 1. The van der Waals surface area contributed by atoms with Crippen molar-refractivity contribution in [1.29, 1.82) is 0 Å². The van der Waals surface area contributed by atoms with Crippen LogP contribution in [0.5, 0.6) is 0 Å². The van der Waals surface area contributed by atoms with Gasteiger partial charge in [0.2, 0.25) is 0 Å². The number of nitrogens with zero attached hydrogens (tertiary/aromatic N) is 5. The van der Waals surface area contributed by atoms with Crippen LogP contribution < -0.4 is 0 Å². The van der Waals surface area contributed by atoms with E-state index in [2.05, 4.69) is 15.1 Å². The van der Waals surface area contributed by atoms with Crippen LogP contribution in [0.25, 0.3) is 17.1 Å². The molecule has 0 bridgehead atoms. The minimum Gasteiger partial charge on any atom is -0.391 e. The highest BCUT2D eigenvalue weighted by molar-refractivity contribution is 5.57. The summed E-state index contributed by atoms with van der Waals surface area (Å²) >= 11 is 0. The molecule has 0 aliphatic heterocycles. The van der Waals surface area contributed by atoms with E-state index in [-0.39, 0.29) is 0 Å². The molecule has 3 rings (SSSR count). The zero-order chi connectivity index (χ0) is 17.6. The van der Waals surface area contributed by atoms with E-state index in [1.807, 2.05) is 42.0 Å². The highest BCUT2D eigenvalue weighted by Gasteiger charge is 2.14. The maximum absolute atomic E-state index is 10.0. The van der Waals surface area contributed by atoms with Crippen molar-refractivity contribution in [1.82, 2.24) is 24.3 Å². The molecule has 0 radical (unpaired) electrons. The van der Waals surface area contributed by atoms with Crippen LogP contribution in [-0.2, 0) is 17.7 Å². The van der Waals surface area contributed by atoms with Crippen LogP contribution in [0.4, 0.5) is 0 Å². The summed E-state index contributed by atoms with van der Waals surface area (Å²) in [6, 6.07) is 8.05. The van der Waals surface area contributed by atoms with Gasteiger partial charge in [-0.25, -0.2) is 14.6 Å². The molecular weight excluding hydrogens is 318 g/mol. The number of aliphatic hydroxyl groups excluding tert-OH is 1. The number of hydrogen-bond donors (Lipinski definition) is 1. The Kier molecular flexibility index (Phi) is 5.57. The average molecular weight is 341 g/mol. The fourth-order valence-electron chi connectivity index (χ4n) is 2.55. The summed E-state index contributed by atoms with van der Waals surface area (Å²) in [5.74, 6) is 1.48. The van der Waals surface area contributed by atoms with Crippen molar-refractivity contribution >= 4 is 0 Å². The molecule has 0 unspecified atom stereocenters. The molecular formula is C18H23N5O2. The van der Waals surface area contributed by atoms with Crippen LogP contribution in [-0.4, -0.2) is 49.2 Å². The summed E-state index contributed by atoms with van der Waals surface area (Å²) in [5.41, 5.74) is 1.99. The molecule has 0 spiro atoms. The van der Waals surface area contributed by atoms with Gasteiger partial charge in [-0.15, -0.1) is 0 Å². The summed E-state index contributed by atoms with van der Waals surface area (Å²) in [6.07, 6.45) is 6.29. The Hall–Kier alpha value is -2.51. The zero-order valence-corrected chi connectivity index (χ0v) is 14.5. The second kappa shape index (κ2) is 8.04. The van der Waals surface area contributed by atoms with Crippen LogP contribution in [0.1, 0.15) is 19.2 Å². The molecule has 0 aliphatic carbocycles. The average Bonchev–Trinajstić information content (AvgIpc) is 3.30. The van der Waals surface area contributed by atoms with Crippen molar-refractivity contribution in [2.45, 2.75) is 32.4 Å². The number of imidazole rings is 1. The highest BCUT2D eigenvalue weighted by Crippen LogP contribution is 2.20. The third-order valence-corrected chi connectivity index (χ3v) is 4.03. The Labute approximate surface area is 146 Å². The molecule has 1 aromatic carbocycles. The van der Waals surface area contributed by atoms with Gasteiger partial charge >= 0.3 is 0 Å². The monoisotopic (exact) mass is 341 g/mol. The molecule has 2 heterocycles. The lowest BCUT2D eigenvalue weighted by molar-refractivity contribution is 0.145. The first kappa shape index (κ1) is 17.3. The Morgan fingerprint density at radius 1 is 1.24 bits per heavy atom. The Morgan fingerprint density at radius 3 is 2.68 bits per heavy atom. The number of methoxy groups -OCH3 is 1. The van der Waals surface area contributed by atoms with E-state index in [0.29, 0.717) is 26.0 Å². The van der Waals surface area contributed by atoms with Gasteiger partial charge < -0.3 is 14.4 Å². The van der Waals surface area contributed by atoms with E-state index >= 15 is 0 Å². The highest BCUT2D eigenvalue weighted by atomic mass is 16.5. The molecule has 0 aliphatic rings. The van der Waals surface area contributed by atoms with E-state index in [1.54, 1.807) is 24.3 Å². The second-order valence-corrected chi connectivity index (χ2v) is 5.86. The number of aliphatic hydroxyl groups is 1. The summed E-state index contributed by atoms with van der Waals surface area (Å²) in [6.45, 7) is 2.95. The lowest BCUT2D eigenvalue weighted by atomic mass is 10.2. The molecule has 7 heteroatoms. The molecule has 1 N–H and O–H groups in total. The summed E-state index contributed by atoms with van der Waals surface area (Å²) in [5, 5.41) is 14.5. The van der Waals surface area contributed by atoms with Gasteiger partial charge in [0, 0.05) is 37.2 Å². The first-order valence-corrected chi connectivity index (χ1v) is 8.40. The number of rotatable bonds is 8. The van der Waals surface area contributed by atoms with Crippen molar-refractivity contribution < 1.29 is 9.84 Å². The normalized spacial score (nSPS) is 12.4. The fraction of sp³-hybridized carbons (Fsp3) is 0.389. The topological polar surface area (TPSA) is 78.0 Å². The summed E-state index contributed by atoms with van der Waals surface area (Å²) < 4.78 is 8.84. The SMILES string of the molecule is CC[C@@H](O)Cn1nc(CCOC)nc1-c1ccc(-n2ccnc2)cc1. The van der Waals surface area contributed by atoms with Crippen molar-refractivity contribution in [3.63, 3.8) is 0 Å². The fourth-order valence-corrected chi connectivity index (χ4v) is 2.55. The van der Waals surface area contributed by atoms with Crippen LogP contribution in [0, 0.1) is 0 Å². The van der Waals surface area contributed by atoms with Crippen LogP contribution in [0.2, 0.25) is 0 Å². The van der Waals surface area contributed by atoms with Gasteiger partial charge in [-0.2, -0.15) is 5.10 Å². The van der Waals surface area contributed by atoms with Gasteiger partial charge in [-0.3, -0.25) is 0 Å². The number of hydrogen-bond acceptors (Lipinski definition) is 5. The molecule has 0 saturated heterocycles. The van der Waals surface area contributed by atoms with Crippen molar-refractivity contribution in [2.24, 2.45) is 0 Å². The molecule has 1 atom stereocenters. The van der Waals surface area contributed by atoms with Crippen molar-refractivity contribution in [3.8, 4) is 17.1 Å². The van der Waals surface area contributed by atoms with Gasteiger partial charge in [-0.05, 0) is 30.7 Å². The number of aromatic nitrogens is 5. The number of benzene rings is 1. The molecule has 0 amide bonds. The van der Waals surface area contributed by atoms with Gasteiger partial charge in [0.05, 0.1) is 25.6 Å². The Bertz CT molecular complexity index is 780. The largest absolute Gasteiger partial charge is 0.391 e. The van der Waals surface area contributed by atoms with E-state index in [4.69, 9.17) is 4.74 Å². The first-order chi connectivity index (χ1) is 12.2. The van der Waals surface area contributed by atoms with E-state index in [1.165, 1.54) is 0 Å². The molecule has 2 aromatic heterocycles. The summed E-state index contributed by atoms with van der Waals surface area (Å²) in [7, 11) is 1.66. The maximum atomic E-state index is 10.0. The van der Waals surface area contributed by atoms with Crippen LogP contribution in [0.15, 0.2) is 43.0 Å². The molecule has 132 valence electrons. The summed E-state index contributed by atoms with van der Waals surface area (Å²) in [4.78, 5) is 8.70. The van der Waals surface area contributed by atoms with Crippen LogP contribution >= 0.6 is 0 Å². The molecule has 25 heavy (non-hydrogen) atoms. The van der Waals surface area contributed by atoms with Gasteiger partial charge in [-0.1, -0.05) is 6.92 Å². The molecule has 7 nitrogen and oxygen atoms in total. The standard InChI is InChI=1S/C18H23N5O2/c1-3-16(24)12-23-18(20-17(21-23)8-11-25-2)14-4-6-15(7-5-14)22-10-9-19-13-22/h4-7,9-10,13,16,24H,3,8,11-12H2,1-2H3/t16-/m1/s1. The lowest BCUT2D eigenvalue weighted by Crippen LogP contribution is -2.17. The first-order valence-electron chi connectivity index (χ1n) is 8.40. The maximum Gasteiger partial charge on any atom is 0.158 e. The van der Waals surface area contributed by atoms with E-state index < -0.39 is 6.10 Å². The predicted octanol–water partition coefficient (Wildman–Crippen LogP) is 2.09. The Balaban J connectivity index is 1.89. The Morgan fingerprint density at radius 2 is 2.04 bits per heavy atom. The lowest BCUT2D eigenvalue weighted by Gasteiger charge is -2.10. The third kappa shape index (κ3) is 4.12. The third-order valence-electron chi connectivity index (χ3n) is 4.03. The van der Waals surface area contributed by atoms with Crippen molar-refractivity contribution in [3.05, 3.63) is 48.8 Å². The van der Waals surface area contributed by atoms with E-state index in [0.717, 1.165) is 22.9 Å². The second-order valence-electron chi connectivity index (χ2n) is 5.86. The minimum atomic E-state index is -0.444. The molecule has 0 fully saturated rings.